The number of halogens is 2. The van der Waals surface area contributed by atoms with Gasteiger partial charge in [-0.25, -0.2) is 0 Å². The fourth-order valence-corrected chi connectivity index (χ4v) is 3.08. The van der Waals surface area contributed by atoms with Crippen molar-refractivity contribution in [2.45, 2.75) is 45.2 Å². The van der Waals surface area contributed by atoms with Crippen LogP contribution in [0.3, 0.4) is 0 Å². The summed E-state index contributed by atoms with van der Waals surface area (Å²) in [7, 11) is 0. The van der Waals surface area contributed by atoms with Crippen LogP contribution in [-0.4, -0.2) is 48.4 Å². The zero-order valence-corrected chi connectivity index (χ0v) is 17.7. The summed E-state index contributed by atoms with van der Waals surface area (Å²) in [5, 5.41) is 5.95. The van der Waals surface area contributed by atoms with Gasteiger partial charge in [0.25, 0.3) is 0 Å². The van der Waals surface area contributed by atoms with Crippen LogP contribution < -0.4 is 16.4 Å². The van der Waals surface area contributed by atoms with Crippen LogP contribution in [0, 0.1) is 5.92 Å². The quantitative estimate of drug-likeness (QED) is 0.634. The second-order valence-corrected chi connectivity index (χ2v) is 7.21. The maximum absolute atomic E-state index is 12.1. The van der Waals surface area contributed by atoms with Gasteiger partial charge in [-0.1, -0.05) is 32.0 Å². The molecule has 0 aliphatic carbocycles. The topological polar surface area (TPSA) is 87.5 Å². The first-order valence-corrected chi connectivity index (χ1v) is 9.07. The molecule has 0 aromatic heterocycles. The molecule has 27 heavy (non-hydrogen) atoms. The molecule has 0 spiro atoms. The van der Waals surface area contributed by atoms with E-state index in [2.05, 4.69) is 29.4 Å². The monoisotopic (exact) mass is 418 g/mol. The number of carbonyl (C=O) groups excluding carboxylic acids is 2. The molecule has 1 saturated heterocycles. The van der Waals surface area contributed by atoms with Gasteiger partial charge >= 0.3 is 0 Å². The van der Waals surface area contributed by atoms with Crippen LogP contribution in [0.4, 0.5) is 5.69 Å². The SMILES string of the molecule is CC(C)C[C@H](N)C(=O)NC1CCN(CC(=O)Nc2ccccc2)CC1.Cl.Cl. The lowest BCUT2D eigenvalue weighted by molar-refractivity contribution is -0.124. The number of nitrogens with one attached hydrogen (secondary N) is 2. The summed E-state index contributed by atoms with van der Waals surface area (Å²) in [6, 6.07) is 9.18. The van der Waals surface area contributed by atoms with Gasteiger partial charge in [0.2, 0.25) is 11.8 Å². The van der Waals surface area contributed by atoms with Crippen LogP contribution in [0.5, 0.6) is 0 Å². The van der Waals surface area contributed by atoms with Gasteiger partial charge in [-0.2, -0.15) is 0 Å². The molecule has 1 heterocycles. The highest BCUT2D eigenvalue weighted by Crippen LogP contribution is 2.12. The minimum atomic E-state index is -0.435. The maximum atomic E-state index is 12.1. The molecule has 1 aromatic rings. The normalized spacial score (nSPS) is 16.0. The average molecular weight is 419 g/mol. The first-order valence-electron chi connectivity index (χ1n) is 9.07. The fraction of sp³-hybridized carbons (Fsp3) is 0.579. The number of anilines is 1. The Morgan fingerprint density at radius 2 is 1.74 bits per heavy atom. The second kappa shape index (κ2) is 12.9. The van der Waals surface area contributed by atoms with Crippen molar-refractivity contribution in [2.24, 2.45) is 11.7 Å². The molecule has 154 valence electrons. The van der Waals surface area contributed by atoms with Crippen molar-refractivity contribution in [1.29, 1.82) is 0 Å². The van der Waals surface area contributed by atoms with Crippen LogP contribution >= 0.6 is 24.8 Å². The summed E-state index contributed by atoms with van der Waals surface area (Å²) in [5.41, 5.74) is 6.74. The van der Waals surface area contributed by atoms with E-state index in [1.54, 1.807) is 0 Å². The van der Waals surface area contributed by atoms with Crippen molar-refractivity contribution in [2.75, 3.05) is 25.0 Å². The third-order valence-electron chi connectivity index (χ3n) is 4.42. The molecule has 0 saturated carbocycles. The van der Waals surface area contributed by atoms with E-state index in [0.29, 0.717) is 18.9 Å². The summed E-state index contributed by atoms with van der Waals surface area (Å²) >= 11 is 0. The molecule has 1 aliphatic rings. The highest BCUT2D eigenvalue weighted by atomic mass is 35.5. The Kier molecular flexibility index (Phi) is 12.3. The lowest BCUT2D eigenvalue weighted by Crippen LogP contribution is -2.50. The predicted molar refractivity (Wildman–Crippen MR) is 115 cm³/mol. The Bertz CT molecular complexity index is 564. The number of amides is 2. The molecule has 1 fully saturated rings. The van der Waals surface area contributed by atoms with Crippen molar-refractivity contribution in [3.8, 4) is 0 Å². The summed E-state index contributed by atoms with van der Waals surface area (Å²) in [6.45, 7) is 6.10. The summed E-state index contributed by atoms with van der Waals surface area (Å²) in [4.78, 5) is 26.3. The number of rotatable bonds is 7. The van der Waals surface area contributed by atoms with Crippen molar-refractivity contribution in [3.63, 3.8) is 0 Å². The summed E-state index contributed by atoms with van der Waals surface area (Å²) in [6.07, 6.45) is 2.39. The summed E-state index contributed by atoms with van der Waals surface area (Å²) < 4.78 is 0. The number of nitrogens with two attached hydrogens (primary N) is 1. The van der Waals surface area contributed by atoms with Gasteiger partial charge in [-0.05, 0) is 37.3 Å². The Hall–Kier alpha value is -1.34. The number of hydrogen-bond acceptors (Lipinski definition) is 4. The molecule has 1 aliphatic heterocycles. The lowest BCUT2D eigenvalue weighted by atomic mass is 10.0. The standard InChI is InChI=1S/C19H30N4O2.2ClH/c1-14(2)12-17(20)19(25)22-16-8-10-23(11-9-16)13-18(24)21-15-6-4-3-5-7-15;;/h3-7,14,16-17H,8-13,20H2,1-2H3,(H,21,24)(H,22,25);2*1H/t17-;;/m0../s1. The number of carbonyl (C=O) groups is 2. The predicted octanol–water partition coefficient (Wildman–Crippen LogP) is 2.42. The third kappa shape index (κ3) is 9.42. The Labute approximate surface area is 174 Å². The highest BCUT2D eigenvalue weighted by Gasteiger charge is 2.24. The molecular formula is C19H32Cl2N4O2. The van der Waals surface area contributed by atoms with E-state index in [1.165, 1.54) is 0 Å². The number of likely N-dealkylation sites (tertiary alicyclic amines) is 1. The zero-order chi connectivity index (χ0) is 18.2. The molecule has 8 heteroatoms. The first kappa shape index (κ1) is 25.7. The number of nitrogens with zero attached hydrogens (tertiary/aromatic N) is 1. The molecule has 4 N–H and O–H groups in total. The van der Waals surface area contributed by atoms with Crippen LogP contribution in [0.25, 0.3) is 0 Å². The van der Waals surface area contributed by atoms with Gasteiger partial charge < -0.3 is 16.4 Å². The van der Waals surface area contributed by atoms with E-state index in [0.717, 1.165) is 31.6 Å². The maximum Gasteiger partial charge on any atom is 0.238 e. The molecule has 2 rings (SSSR count). The van der Waals surface area contributed by atoms with Gasteiger partial charge in [0.05, 0.1) is 12.6 Å². The Balaban J connectivity index is 0.00000338. The van der Waals surface area contributed by atoms with Gasteiger partial charge in [0.1, 0.15) is 0 Å². The van der Waals surface area contributed by atoms with Crippen molar-refractivity contribution >= 4 is 42.3 Å². The smallest absolute Gasteiger partial charge is 0.238 e. The van der Waals surface area contributed by atoms with E-state index >= 15 is 0 Å². The fourth-order valence-electron chi connectivity index (χ4n) is 3.08. The van der Waals surface area contributed by atoms with Gasteiger partial charge in [0, 0.05) is 24.8 Å². The van der Waals surface area contributed by atoms with Gasteiger partial charge in [-0.15, -0.1) is 24.8 Å². The van der Waals surface area contributed by atoms with Crippen LogP contribution in [0.1, 0.15) is 33.1 Å². The van der Waals surface area contributed by atoms with E-state index in [-0.39, 0.29) is 42.7 Å². The van der Waals surface area contributed by atoms with E-state index in [1.807, 2.05) is 30.3 Å². The minimum Gasteiger partial charge on any atom is -0.352 e. The molecule has 0 bridgehead atoms. The largest absolute Gasteiger partial charge is 0.352 e. The number of piperidine rings is 1. The Morgan fingerprint density at radius 1 is 1.15 bits per heavy atom. The van der Waals surface area contributed by atoms with E-state index < -0.39 is 6.04 Å². The number of hydrogen-bond donors (Lipinski definition) is 3. The molecule has 1 atom stereocenters. The van der Waals surface area contributed by atoms with Gasteiger partial charge in [0.15, 0.2) is 0 Å². The molecule has 0 unspecified atom stereocenters. The Morgan fingerprint density at radius 3 is 2.30 bits per heavy atom. The highest BCUT2D eigenvalue weighted by molar-refractivity contribution is 5.92. The molecule has 6 nitrogen and oxygen atoms in total. The van der Waals surface area contributed by atoms with E-state index in [9.17, 15) is 9.59 Å². The average Bonchev–Trinajstić information content (AvgIpc) is 2.57. The molecule has 2 amide bonds. The number of para-hydroxylation sites is 1. The number of benzene rings is 1. The second-order valence-electron chi connectivity index (χ2n) is 7.21. The van der Waals surface area contributed by atoms with Gasteiger partial charge in [-0.3, -0.25) is 14.5 Å². The summed E-state index contributed by atoms with van der Waals surface area (Å²) in [5.74, 6) is 0.340. The van der Waals surface area contributed by atoms with Crippen LogP contribution in [0.15, 0.2) is 30.3 Å². The van der Waals surface area contributed by atoms with Crippen molar-refractivity contribution < 1.29 is 9.59 Å². The lowest BCUT2D eigenvalue weighted by Gasteiger charge is -2.32. The molecular weight excluding hydrogens is 387 g/mol. The zero-order valence-electron chi connectivity index (χ0n) is 16.0. The minimum absolute atomic E-state index is 0. The third-order valence-corrected chi connectivity index (χ3v) is 4.42. The molecule has 1 aromatic carbocycles. The van der Waals surface area contributed by atoms with Crippen LogP contribution in [0.2, 0.25) is 0 Å². The van der Waals surface area contributed by atoms with Crippen molar-refractivity contribution in [3.05, 3.63) is 30.3 Å². The molecule has 0 radical (unpaired) electrons. The van der Waals surface area contributed by atoms with E-state index in [4.69, 9.17) is 5.73 Å². The van der Waals surface area contributed by atoms with Crippen LogP contribution in [-0.2, 0) is 9.59 Å². The van der Waals surface area contributed by atoms with Crippen molar-refractivity contribution in [1.82, 2.24) is 10.2 Å². The first-order chi connectivity index (χ1) is 11.9.